The number of allylic oxidation sites excluding steroid dienone is 2. The minimum atomic E-state index is 0.203. The van der Waals surface area contributed by atoms with Crippen molar-refractivity contribution in [3.8, 4) is 5.75 Å². The molecule has 3 aliphatic rings. The molecular formula is C20H24ClNO2. The summed E-state index contributed by atoms with van der Waals surface area (Å²) in [4.78, 5) is 2.41. The molecule has 24 heavy (non-hydrogen) atoms. The molecule has 3 nitrogen and oxygen atoms in total. The van der Waals surface area contributed by atoms with Gasteiger partial charge in [0, 0.05) is 19.0 Å². The monoisotopic (exact) mass is 345 g/mol. The molecule has 0 saturated carbocycles. The summed E-state index contributed by atoms with van der Waals surface area (Å²) in [6, 6.07) is 3.88. The van der Waals surface area contributed by atoms with Gasteiger partial charge in [0.25, 0.3) is 0 Å². The van der Waals surface area contributed by atoms with Crippen LogP contribution in [0.2, 0.25) is 5.02 Å². The SMILES string of the molecule is CN1CCc2cc(Cl)c(O)cc2C(C2CCCC3=C2COC=C3)C1. The molecule has 2 aliphatic heterocycles. The Balaban J connectivity index is 1.79. The molecule has 1 aliphatic carbocycles. The van der Waals surface area contributed by atoms with E-state index < -0.39 is 0 Å². The number of hydrogen-bond donors (Lipinski definition) is 1. The van der Waals surface area contributed by atoms with E-state index in [-0.39, 0.29) is 5.75 Å². The number of rotatable bonds is 1. The molecule has 128 valence electrons. The Bertz CT molecular complexity index is 710. The molecule has 4 rings (SSSR count). The number of fused-ring (bicyclic) bond motifs is 1. The predicted molar refractivity (Wildman–Crippen MR) is 96.5 cm³/mol. The number of hydrogen-bond acceptors (Lipinski definition) is 3. The van der Waals surface area contributed by atoms with Gasteiger partial charge in [-0.05, 0) is 79.1 Å². The van der Waals surface area contributed by atoms with Crippen LogP contribution in [0.3, 0.4) is 0 Å². The molecule has 1 aromatic carbocycles. The first-order valence-electron chi connectivity index (χ1n) is 8.83. The second kappa shape index (κ2) is 6.45. The van der Waals surface area contributed by atoms with Crippen molar-refractivity contribution in [2.24, 2.45) is 5.92 Å². The first-order chi connectivity index (χ1) is 11.6. The van der Waals surface area contributed by atoms with E-state index in [0.29, 0.717) is 23.5 Å². The van der Waals surface area contributed by atoms with Crippen LogP contribution in [0, 0.1) is 5.92 Å². The lowest BCUT2D eigenvalue weighted by Crippen LogP contribution is -2.31. The molecule has 0 aromatic heterocycles. The Hall–Kier alpha value is -1.45. The molecule has 1 aromatic rings. The van der Waals surface area contributed by atoms with E-state index in [0.717, 1.165) is 25.9 Å². The lowest BCUT2D eigenvalue weighted by atomic mass is 9.72. The fourth-order valence-corrected chi connectivity index (χ4v) is 4.74. The first kappa shape index (κ1) is 16.0. The van der Waals surface area contributed by atoms with Gasteiger partial charge in [0.15, 0.2) is 0 Å². The highest BCUT2D eigenvalue weighted by molar-refractivity contribution is 6.32. The number of likely N-dealkylation sites (N-methyl/N-ethyl adjacent to an activating group) is 1. The van der Waals surface area contributed by atoms with E-state index in [1.807, 2.05) is 18.4 Å². The maximum absolute atomic E-state index is 10.2. The first-order valence-corrected chi connectivity index (χ1v) is 9.21. The molecule has 4 heteroatoms. The van der Waals surface area contributed by atoms with Crippen molar-refractivity contribution >= 4 is 11.6 Å². The van der Waals surface area contributed by atoms with E-state index in [4.69, 9.17) is 16.3 Å². The van der Waals surface area contributed by atoms with Crippen LogP contribution in [-0.4, -0.2) is 36.8 Å². The minimum absolute atomic E-state index is 0.203. The van der Waals surface area contributed by atoms with Crippen molar-refractivity contribution in [3.63, 3.8) is 0 Å². The van der Waals surface area contributed by atoms with Crippen LogP contribution in [0.5, 0.6) is 5.75 Å². The van der Waals surface area contributed by atoms with Gasteiger partial charge in [-0.15, -0.1) is 0 Å². The van der Waals surface area contributed by atoms with Gasteiger partial charge in [-0.3, -0.25) is 0 Å². The molecule has 0 fully saturated rings. The van der Waals surface area contributed by atoms with E-state index in [9.17, 15) is 5.11 Å². The highest BCUT2D eigenvalue weighted by Gasteiger charge is 2.34. The molecule has 0 spiro atoms. The summed E-state index contributed by atoms with van der Waals surface area (Å²) < 4.78 is 5.63. The highest BCUT2D eigenvalue weighted by Crippen LogP contribution is 2.45. The van der Waals surface area contributed by atoms with Gasteiger partial charge in [-0.1, -0.05) is 11.6 Å². The molecule has 0 bridgehead atoms. The van der Waals surface area contributed by atoms with E-state index in [1.165, 1.54) is 35.1 Å². The zero-order chi connectivity index (χ0) is 16.7. The molecule has 2 atom stereocenters. The van der Waals surface area contributed by atoms with Crippen LogP contribution in [-0.2, 0) is 11.2 Å². The van der Waals surface area contributed by atoms with Crippen molar-refractivity contribution < 1.29 is 9.84 Å². The fourth-order valence-electron chi connectivity index (χ4n) is 4.55. The van der Waals surface area contributed by atoms with E-state index in [1.54, 1.807) is 0 Å². The van der Waals surface area contributed by atoms with Crippen molar-refractivity contribution in [2.75, 3.05) is 26.7 Å². The third-order valence-electron chi connectivity index (χ3n) is 5.79. The van der Waals surface area contributed by atoms with Gasteiger partial charge in [-0.25, -0.2) is 0 Å². The fraction of sp³-hybridized carbons (Fsp3) is 0.500. The normalized spacial score (nSPS) is 27.2. The number of ether oxygens (including phenoxy) is 1. The van der Waals surface area contributed by atoms with Crippen LogP contribution in [0.1, 0.15) is 36.3 Å². The van der Waals surface area contributed by atoms with Crippen LogP contribution in [0.15, 0.2) is 35.6 Å². The number of phenolic OH excluding ortho intramolecular Hbond substituents is 1. The van der Waals surface area contributed by atoms with Crippen LogP contribution in [0.4, 0.5) is 0 Å². The lowest BCUT2D eigenvalue weighted by molar-refractivity contribution is 0.228. The maximum Gasteiger partial charge on any atom is 0.134 e. The summed E-state index contributed by atoms with van der Waals surface area (Å²) in [7, 11) is 2.19. The van der Waals surface area contributed by atoms with Gasteiger partial charge >= 0.3 is 0 Å². The third kappa shape index (κ3) is 2.84. The molecular weight excluding hydrogens is 322 g/mol. The summed E-state index contributed by atoms with van der Waals surface area (Å²) in [5.74, 6) is 1.07. The van der Waals surface area contributed by atoms with Crippen molar-refractivity contribution in [1.29, 1.82) is 0 Å². The Labute approximate surface area is 148 Å². The van der Waals surface area contributed by atoms with Gasteiger partial charge in [0.1, 0.15) is 12.4 Å². The Morgan fingerprint density at radius 1 is 1.25 bits per heavy atom. The van der Waals surface area contributed by atoms with E-state index in [2.05, 4.69) is 18.0 Å². The third-order valence-corrected chi connectivity index (χ3v) is 6.09. The topological polar surface area (TPSA) is 32.7 Å². The summed E-state index contributed by atoms with van der Waals surface area (Å²) in [6.45, 7) is 2.75. The van der Waals surface area contributed by atoms with Crippen LogP contribution in [0.25, 0.3) is 0 Å². The van der Waals surface area contributed by atoms with Crippen molar-refractivity contribution in [3.05, 3.63) is 51.8 Å². The summed E-state index contributed by atoms with van der Waals surface area (Å²) in [5, 5.41) is 10.7. The smallest absolute Gasteiger partial charge is 0.134 e. The standard InChI is InChI=1S/C20H24ClNO2/c1-22-7-5-14-9-19(21)20(23)10-16(14)17(11-22)15-4-2-3-13-6-8-24-12-18(13)15/h6,8-10,15,17,23H,2-5,7,11-12H2,1H3. The minimum Gasteiger partial charge on any atom is -0.506 e. The summed E-state index contributed by atoms with van der Waals surface area (Å²) in [6.07, 6.45) is 8.54. The zero-order valence-corrected chi connectivity index (χ0v) is 14.9. The maximum atomic E-state index is 10.2. The molecule has 2 unspecified atom stereocenters. The Morgan fingerprint density at radius 3 is 3.00 bits per heavy atom. The average Bonchev–Trinajstić information content (AvgIpc) is 2.74. The van der Waals surface area contributed by atoms with Gasteiger partial charge in [0.05, 0.1) is 11.3 Å². The largest absolute Gasteiger partial charge is 0.506 e. The van der Waals surface area contributed by atoms with Crippen molar-refractivity contribution in [1.82, 2.24) is 4.90 Å². The molecule has 0 amide bonds. The number of nitrogens with zero attached hydrogens (tertiary/aromatic N) is 1. The zero-order valence-electron chi connectivity index (χ0n) is 14.1. The van der Waals surface area contributed by atoms with E-state index >= 15 is 0 Å². The second-order valence-corrected chi connectivity index (χ2v) is 7.69. The quantitative estimate of drug-likeness (QED) is 0.825. The summed E-state index contributed by atoms with van der Waals surface area (Å²) in [5.41, 5.74) is 5.48. The predicted octanol–water partition coefficient (Wildman–Crippen LogP) is 4.26. The van der Waals surface area contributed by atoms with Crippen LogP contribution >= 0.6 is 11.6 Å². The number of halogens is 1. The average molecular weight is 346 g/mol. The number of benzene rings is 1. The number of phenols is 1. The van der Waals surface area contributed by atoms with Crippen LogP contribution < -0.4 is 0 Å². The molecule has 0 saturated heterocycles. The Kier molecular flexibility index (Phi) is 4.31. The van der Waals surface area contributed by atoms with Gasteiger partial charge < -0.3 is 14.7 Å². The number of aromatic hydroxyl groups is 1. The highest BCUT2D eigenvalue weighted by atomic mass is 35.5. The summed E-state index contributed by atoms with van der Waals surface area (Å²) >= 11 is 6.18. The van der Waals surface area contributed by atoms with Crippen molar-refractivity contribution in [2.45, 2.75) is 31.6 Å². The second-order valence-electron chi connectivity index (χ2n) is 7.28. The van der Waals surface area contributed by atoms with Gasteiger partial charge in [-0.2, -0.15) is 0 Å². The molecule has 1 N–H and O–H groups in total. The van der Waals surface area contributed by atoms with Gasteiger partial charge in [0.2, 0.25) is 0 Å². The lowest BCUT2D eigenvalue weighted by Gasteiger charge is -2.36. The Morgan fingerprint density at radius 2 is 2.12 bits per heavy atom. The molecule has 0 radical (unpaired) electrons. The molecule has 2 heterocycles.